The van der Waals surface area contributed by atoms with E-state index in [9.17, 15) is 9.59 Å². The molecule has 206 valence electrons. The van der Waals surface area contributed by atoms with Crippen LogP contribution in [0, 0.1) is 5.92 Å². The molecule has 4 atom stereocenters. The Morgan fingerprint density at radius 3 is 2.16 bits per heavy atom. The van der Waals surface area contributed by atoms with Crippen molar-refractivity contribution < 1.29 is 29.3 Å². The van der Waals surface area contributed by atoms with Gasteiger partial charge in [-0.2, -0.15) is 0 Å². The maximum Gasteiger partial charge on any atom is 0.304 e. The Bertz CT molecular complexity index is 969. The fourth-order valence-corrected chi connectivity index (χ4v) is 4.44. The van der Waals surface area contributed by atoms with E-state index in [1.165, 1.54) is 0 Å². The molecule has 0 aliphatic heterocycles. The topological polar surface area (TPSA) is 145 Å². The highest BCUT2D eigenvalue weighted by Gasteiger charge is 2.31. The number of allylic oxidation sites excluding steroid dienone is 3. The highest BCUT2D eigenvalue weighted by molar-refractivity contribution is 5.69. The van der Waals surface area contributed by atoms with Gasteiger partial charge in [-0.3, -0.25) is 9.59 Å². The summed E-state index contributed by atoms with van der Waals surface area (Å²) in [5.41, 5.74) is 15.2. The summed E-state index contributed by atoms with van der Waals surface area (Å²) in [5.74, 6) is -0.288. The van der Waals surface area contributed by atoms with Crippen LogP contribution in [0.4, 0.5) is 0 Å². The molecule has 37 heavy (non-hydrogen) atoms. The molecule has 2 aliphatic rings. The van der Waals surface area contributed by atoms with E-state index in [0.717, 1.165) is 34.6 Å². The van der Waals surface area contributed by atoms with Gasteiger partial charge in [0.2, 0.25) is 0 Å². The van der Waals surface area contributed by atoms with Crippen molar-refractivity contribution >= 4 is 11.9 Å². The molecule has 0 radical (unpaired) electrons. The minimum Gasteiger partial charge on any atom is -0.494 e. The third-order valence-electron chi connectivity index (χ3n) is 6.20. The zero-order valence-corrected chi connectivity index (χ0v) is 22.8. The van der Waals surface area contributed by atoms with Gasteiger partial charge in [0.15, 0.2) is 0 Å². The van der Waals surface area contributed by atoms with Crippen LogP contribution in [0.15, 0.2) is 53.8 Å². The average Bonchev–Trinajstić information content (AvgIpc) is 3.18. The summed E-state index contributed by atoms with van der Waals surface area (Å²) in [6.45, 7) is 11.0. The Labute approximate surface area is 221 Å². The Hall–Kier alpha value is -3.10. The fraction of sp³-hybridized carbons (Fsp3) is 0.517. The van der Waals surface area contributed by atoms with Crippen LogP contribution in [0.5, 0.6) is 5.75 Å². The molecule has 4 unspecified atom stereocenters. The Balaban J connectivity index is 0.000000347. The number of ether oxygens (including phenoxy) is 2. The molecule has 2 aliphatic carbocycles. The molecule has 0 spiro atoms. The molecule has 0 heterocycles. The largest absolute Gasteiger partial charge is 0.494 e. The summed E-state index contributed by atoms with van der Waals surface area (Å²) in [6, 6.07) is 5.56. The molecule has 0 saturated carbocycles. The van der Waals surface area contributed by atoms with Crippen LogP contribution < -0.4 is 16.2 Å². The highest BCUT2D eigenvalue weighted by Crippen LogP contribution is 2.37. The lowest BCUT2D eigenvalue weighted by Gasteiger charge is -2.21. The second-order valence-corrected chi connectivity index (χ2v) is 8.78. The maximum absolute atomic E-state index is 10.9. The van der Waals surface area contributed by atoms with Gasteiger partial charge < -0.3 is 31.2 Å². The van der Waals surface area contributed by atoms with Crippen molar-refractivity contribution in [1.82, 2.24) is 0 Å². The highest BCUT2D eigenvalue weighted by atomic mass is 16.5. The predicted molar refractivity (Wildman–Crippen MR) is 147 cm³/mol. The molecule has 3 rings (SSSR count). The van der Waals surface area contributed by atoms with Crippen LogP contribution in [-0.4, -0.2) is 47.4 Å². The molecule has 0 fully saturated rings. The zero-order chi connectivity index (χ0) is 28.0. The molecule has 1 aromatic rings. The van der Waals surface area contributed by atoms with Gasteiger partial charge in [0.25, 0.3) is 0 Å². The van der Waals surface area contributed by atoms with Gasteiger partial charge in [-0.05, 0) is 69.0 Å². The quantitative estimate of drug-likeness (QED) is 0.386. The van der Waals surface area contributed by atoms with Gasteiger partial charge in [0.1, 0.15) is 11.5 Å². The van der Waals surface area contributed by atoms with Gasteiger partial charge in [-0.15, -0.1) is 0 Å². The number of benzene rings is 1. The van der Waals surface area contributed by atoms with Crippen molar-refractivity contribution in [3.05, 3.63) is 65.0 Å². The van der Waals surface area contributed by atoms with Crippen LogP contribution in [0.25, 0.3) is 0 Å². The first-order valence-electron chi connectivity index (χ1n) is 13.0. The molecule has 0 amide bonds. The van der Waals surface area contributed by atoms with E-state index in [1.54, 1.807) is 0 Å². The number of carboxylic acids is 2. The lowest BCUT2D eigenvalue weighted by molar-refractivity contribution is -0.138. The number of nitrogens with two attached hydrogens (primary N) is 2. The molecule has 8 nitrogen and oxygen atoms in total. The van der Waals surface area contributed by atoms with Crippen molar-refractivity contribution in [3.8, 4) is 5.75 Å². The summed E-state index contributed by atoms with van der Waals surface area (Å²) in [6.07, 6.45) is 9.13. The molecule has 0 bridgehead atoms. The second-order valence-electron chi connectivity index (χ2n) is 8.78. The van der Waals surface area contributed by atoms with Crippen LogP contribution in [0.2, 0.25) is 0 Å². The van der Waals surface area contributed by atoms with Crippen LogP contribution in [-0.2, 0) is 20.7 Å². The Kier molecular flexibility index (Phi) is 14.3. The first-order chi connectivity index (χ1) is 17.7. The third-order valence-corrected chi connectivity index (χ3v) is 6.20. The fourth-order valence-electron chi connectivity index (χ4n) is 4.44. The normalized spacial score (nSPS) is 25.9. The van der Waals surface area contributed by atoms with E-state index < -0.39 is 11.9 Å². The van der Waals surface area contributed by atoms with E-state index in [-0.39, 0.29) is 36.8 Å². The van der Waals surface area contributed by atoms with Gasteiger partial charge in [-0.1, -0.05) is 37.6 Å². The Morgan fingerprint density at radius 2 is 1.57 bits per heavy atom. The number of rotatable bonds is 8. The summed E-state index contributed by atoms with van der Waals surface area (Å²) in [5, 5.41) is 17.8. The van der Waals surface area contributed by atoms with Crippen molar-refractivity contribution in [1.29, 1.82) is 0 Å². The minimum atomic E-state index is -0.819. The number of fused-ring (bicyclic) bond motifs is 1. The number of hydrogen-bond donors (Lipinski definition) is 4. The molecule has 6 N–H and O–H groups in total. The summed E-state index contributed by atoms with van der Waals surface area (Å²) in [4.78, 5) is 21.7. The van der Waals surface area contributed by atoms with Crippen LogP contribution in [0.1, 0.15) is 70.9 Å². The molecule has 1 aromatic carbocycles. The van der Waals surface area contributed by atoms with E-state index in [1.807, 2.05) is 77.1 Å². The number of carboxylic acid groups (broad SMARTS) is 2. The van der Waals surface area contributed by atoms with Gasteiger partial charge in [-0.25, -0.2) is 0 Å². The van der Waals surface area contributed by atoms with E-state index in [4.69, 9.17) is 31.2 Å². The third kappa shape index (κ3) is 10.4. The van der Waals surface area contributed by atoms with Crippen molar-refractivity contribution in [2.24, 2.45) is 17.4 Å². The average molecular weight is 517 g/mol. The van der Waals surface area contributed by atoms with Crippen LogP contribution >= 0.6 is 0 Å². The minimum absolute atomic E-state index is 0.0646. The molecule has 0 saturated heterocycles. The van der Waals surface area contributed by atoms with Gasteiger partial charge in [0, 0.05) is 23.9 Å². The standard InChI is InChI=1S/C14H21NO3.C13H17NO3.C2H6/c1-3-18-11-5-4-6-13(15)12(9-14(16)17)10(2)7-8-11;1-2-17-9-4-3-8-5-12(14)11(7-13(15)16)10(8)6-9;1-2/h4-5,7-8,12-13H,3,6,9,15H2,1-2H3,(H,16,17);3-4,6,11-12H,2,5,7,14H2,1H3,(H,15,16);1-2H3/b5-4+,10-7+,11-8+;;. The summed E-state index contributed by atoms with van der Waals surface area (Å²) >= 11 is 0. The number of carbonyl (C=O) groups is 2. The second kappa shape index (κ2) is 16.6. The first kappa shape index (κ1) is 31.9. The molecule has 8 heteroatoms. The monoisotopic (exact) mass is 516 g/mol. The first-order valence-corrected chi connectivity index (χ1v) is 13.0. The number of hydrogen-bond acceptors (Lipinski definition) is 6. The molecular weight excluding hydrogens is 472 g/mol. The molecular formula is C29H44N2O6. The summed E-state index contributed by atoms with van der Waals surface area (Å²) in [7, 11) is 0. The van der Waals surface area contributed by atoms with Crippen LogP contribution in [0.3, 0.4) is 0 Å². The van der Waals surface area contributed by atoms with Gasteiger partial charge >= 0.3 is 11.9 Å². The van der Waals surface area contributed by atoms with E-state index in [0.29, 0.717) is 19.6 Å². The Morgan fingerprint density at radius 1 is 0.946 bits per heavy atom. The van der Waals surface area contributed by atoms with Crippen molar-refractivity contribution in [2.45, 2.75) is 78.3 Å². The summed E-state index contributed by atoms with van der Waals surface area (Å²) < 4.78 is 10.9. The lowest BCUT2D eigenvalue weighted by Crippen LogP contribution is -2.32. The smallest absolute Gasteiger partial charge is 0.304 e. The van der Waals surface area contributed by atoms with E-state index >= 15 is 0 Å². The van der Waals surface area contributed by atoms with Gasteiger partial charge in [0.05, 0.1) is 26.1 Å². The lowest BCUT2D eigenvalue weighted by atomic mass is 9.88. The molecule has 0 aromatic heterocycles. The zero-order valence-electron chi connectivity index (χ0n) is 22.8. The predicted octanol–water partition coefficient (Wildman–Crippen LogP) is 4.78. The number of aliphatic carboxylic acids is 2. The maximum atomic E-state index is 10.9. The van der Waals surface area contributed by atoms with E-state index in [2.05, 4.69) is 0 Å². The van der Waals surface area contributed by atoms with Crippen molar-refractivity contribution in [2.75, 3.05) is 13.2 Å². The van der Waals surface area contributed by atoms with Crippen molar-refractivity contribution in [3.63, 3.8) is 0 Å². The SMILES string of the molecule is CC.CCOC1=C/C=C(\C)C(CC(=O)O)C(N)C\C=C\1.CCOc1ccc2c(c1)C(CC(=O)O)C(N)C2.